The minimum Gasteiger partial charge on any atom is -0.496 e. The first kappa shape index (κ1) is 15.0. The molecule has 1 heterocycles. The van der Waals surface area contributed by atoms with Crippen LogP contribution in [0.25, 0.3) is 0 Å². The first-order chi connectivity index (χ1) is 9.92. The Bertz CT molecular complexity index is 706. The topological polar surface area (TPSA) is 87.4 Å². The molecule has 8 heteroatoms. The summed E-state index contributed by atoms with van der Waals surface area (Å²) in [6, 6.07) is 4.29. The van der Waals surface area contributed by atoms with Crippen LogP contribution < -0.4 is 9.47 Å². The van der Waals surface area contributed by atoms with Gasteiger partial charge in [-0.2, -0.15) is 4.98 Å². The van der Waals surface area contributed by atoms with Crippen molar-refractivity contribution < 1.29 is 14.4 Å². The van der Waals surface area contributed by atoms with Gasteiger partial charge in [0, 0.05) is 5.56 Å². The smallest absolute Gasteiger partial charge is 0.315 e. The summed E-state index contributed by atoms with van der Waals surface area (Å²) in [7, 11) is 1.43. The van der Waals surface area contributed by atoms with Crippen molar-refractivity contribution >= 4 is 17.3 Å². The first-order valence-corrected chi connectivity index (χ1v) is 6.31. The molecule has 1 aromatic carbocycles. The molecule has 0 spiro atoms. The Morgan fingerprint density at radius 3 is 2.62 bits per heavy atom. The van der Waals surface area contributed by atoms with Gasteiger partial charge in [-0.15, -0.1) is 0 Å². The van der Waals surface area contributed by atoms with Gasteiger partial charge in [0.05, 0.1) is 18.1 Å². The van der Waals surface area contributed by atoms with Gasteiger partial charge in [-0.05, 0) is 26.0 Å². The number of hydrogen-bond donors (Lipinski definition) is 0. The van der Waals surface area contributed by atoms with Crippen molar-refractivity contribution in [3.05, 3.63) is 44.9 Å². The lowest BCUT2D eigenvalue weighted by molar-refractivity contribution is -0.385. The van der Waals surface area contributed by atoms with Crippen molar-refractivity contribution in [2.45, 2.75) is 13.8 Å². The van der Waals surface area contributed by atoms with E-state index in [0.29, 0.717) is 17.1 Å². The summed E-state index contributed by atoms with van der Waals surface area (Å²) in [5.41, 5.74) is 0.286. The van der Waals surface area contributed by atoms with E-state index in [1.807, 2.05) is 0 Å². The zero-order valence-electron chi connectivity index (χ0n) is 11.6. The molecule has 0 N–H and O–H groups in total. The van der Waals surface area contributed by atoms with Crippen LogP contribution in [0.5, 0.6) is 17.4 Å². The number of rotatable bonds is 4. The van der Waals surface area contributed by atoms with Gasteiger partial charge < -0.3 is 9.47 Å². The number of ether oxygens (including phenoxy) is 2. The van der Waals surface area contributed by atoms with E-state index in [9.17, 15) is 10.1 Å². The highest BCUT2D eigenvalue weighted by atomic mass is 35.5. The highest BCUT2D eigenvalue weighted by Gasteiger charge is 2.19. The number of halogens is 1. The second kappa shape index (κ2) is 5.92. The molecule has 110 valence electrons. The van der Waals surface area contributed by atoms with Gasteiger partial charge in [0.2, 0.25) is 11.6 Å². The van der Waals surface area contributed by atoms with E-state index in [1.165, 1.54) is 19.2 Å². The van der Waals surface area contributed by atoms with Crippen LogP contribution in [0.1, 0.15) is 11.4 Å². The van der Waals surface area contributed by atoms with Crippen molar-refractivity contribution in [1.82, 2.24) is 9.97 Å². The number of benzene rings is 1. The van der Waals surface area contributed by atoms with Gasteiger partial charge in [0.25, 0.3) is 0 Å². The fourth-order valence-corrected chi connectivity index (χ4v) is 1.83. The van der Waals surface area contributed by atoms with Gasteiger partial charge >= 0.3 is 5.69 Å². The maximum Gasteiger partial charge on any atom is 0.315 e. The summed E-state index contributed by atoms with van der Waals surface area (Å²) < 4.78 is 10.5. The van der Waals surface area contributed by atoms with Crippen LogP contribution in [0, 0.1) is 24.0 Å². The van der Waals surface area contributed by atoms with E-state index in [0.717, 1.165) is 0 Å². The SMILES string of the molecule is COc1ccc(Oc2nc(C)nc(Cl)c2C)c([N+](=O)[O-])c1. The summed E-state index contributed by atoms with van der Waals surface area (Å²) in [6.07, 6.45) is 0. The molecule has 1 aromatic heterocycles. The second-order valence-corrected chi connectivity index (χ2v) is 4.54. The number of aryl methyl sites for hydroxylation is 1. The summed E-state index contributed by atoms with van der Waals surface area (Å²) >= 11 is 5.95. The maximum absolute atomic E-state index is 11.1. The van der Waals surface area contributed by atoms with Crippen molar-refractivity contribution in [1.29, 1.82) is 0 Å². The minimum absolute atomic E-state index is 0.0538. The van der Waals surface area contributed by atoms with Crippen LogP contribution in [0.2, 0.25) is 5.15 Å². The molecule has 0 aliphatic carbocycles. The van der Waals surface area contributed by atoms with Crippen LogP contribution in [0.15, 0.2) is 18.2 Å². The molecule has 0 fully saturated rings. The van der Waals surface area contributed by atoms with Gasteiger partial charge in [0.15, 0.2) is 0 Å². The molecular weight excluding hydrogens is 298 g/mol. The Morgan fingerprint density at radius 1 is 1.29 bits per heavy atom. The first-order valence-electron chi connectivity index (χ1n) is 5.93. The highest BCUT2D eigenvalue weighted by molar-refractivity contribution is 6.30. The maximum atomic E-state index is 11.1. The monoisotopic (exact) mass is 309 g/mol. The van der Waals surface area contributed by atoms with Crippen molar-refractivity contribution in [3.8, 4) is 17.4 Å². The highest BCUT2D eigenvalue weighted by Crippen LogP contribution is 2.35. The third-order valence-corrected chi connectivity index (χ3v) is 3.09. The molecule has 2 rings (SSSR count). The fraction of sp³-hybridized carbons (Fsp3) is 0.231. The molecule has 0 atom stereocenters. The van der Waals surface area contributed by atoms with Gasteiger partial charge in [-0.3, -0.25) is 10.1 Å². The zero-order valence-corrected chi connectivity index (χ0v) is 12.3. The minimum atomic E-state index is -0.553. The second-order valence-electron chi connectivity index (χ2n) is 4.18. The summed E-state index contributed by atoms with van der Waals surface area (Å²) in [4.78, 5) is 18.6. The molecule has 21 heavy (non-hydrogen) atoms. The molecule has 0 aliphatic rings. The molecule has 0 saturated heterocycles. The van der Waals surface area contributed by atoms with Gasteiger partial charge in [-0.1, -0.05) is 11.6 Å². The van der Waals surface area contributed by atoms with E-state index >= 15 is 0 Å². The largest absolute Gasteiger partial charge is 0.496 e. The normalized spacial score (nSPS) is 10.3. The van der Waals surface area contributed by atoms with Crippen LogP contribution in [0.3, 0.4) is 0 Å². The molecular formula is C13H12ClN3O4. The molecule has 7 nitrogen and oxygen atoms in total. The summed E-state index contributed by atoms with van der Waals surface area (Å²) in [5, 5.41) is 11.4. The lowest BCUT2D eigenvalue weighted by atomic mass is 10.2. The van der Waals surface area contributed by atoms with E-state index in [4.69, 9.17) is 21.1 Å². The van der Waals surface area contributed by atoms with Crippen LogP contribution >= 0.6 is 11.6 Å². The lowest BCUT2D eigenvalue weighted by Gasteiger charge is -2.10. The number of nitro groups is 1. The Balaban J connectivity index is 2.47. The van der Waals surface area contributed by atoms with E-state index in [1.54, 1.807) is 19.9 Å². The molecule has 2 aromatic rings. The van der Waals surface area contributed by atoms with Gasteiger partial charge in [-0.25, -0.2) is 4.98 Å². The Labute approximate surface area is 125 Å². The van der Waals surface area contributed by atoms with Crippen LogP contribution in [-0.2, 0) is 0 Å². The van der Waals surface area contributed by atoms with Crippen molar-refractivity contribution in [3.63, 3.8) is 0 Å². The lowest BCUT2D eigenvalue weighted by Crippen LogP contribution is -2.00. The molecule has 0 bridgehead atoms. The average Bonchev–Trinajstić information content (AvgIpc) is 2.44. The number of nitro benzene ring substituents is 1. The van der Waals surface area contributed by atoms with E-state index < -0.39 is 4.92 Å². The number of aromatic nitrogens is 2. The average molecular weight is 310 g/mol. The summed E-state index contributed by atoms with van der Waals surface area (Å²) in [5.74, 6) is 1.01. The fourth-order valence-electron chi connectivity index (χ4n) is 1.63. The van der Waals surface area contributed by atoms with Gasteiger partial charge in [0.1, 0.15) is 16.7 Å². The molecule has 0 radical (unpaired) electrons. The number of nitrogens with zero attached hydrogens (tertiary/aromatic N) is 3. The Morgan fingerprint density at radius 2 is 2.00 bits per heavy atom. The number of methoxy groups -OCH3 is 1. The van der Waals surface area contributed by atoms with Crippen molar-refractivity contribution in [2.24, 2.45) is 0 Å². The molecule has 0 amide bonds. The predicted octanol–water partition coefficient (Wildman–Crippen LogP) is 3.46. The molecule has 0 aliphatic heterocycles. The van der Waals surface area contributed by atoms with Crippen LogP contribution in [0.4, 0.5) is 5.69 Å². The molecule has 0 saturated carbocycles. The molecule has 0 unspecified atom stereocenters. The van der Waals surface area contributed by atoms with E-state index in [2.05, 4.69) is 9.97 Å². The number of hydrogen-bond acceptors (Lipinski definition) is 6. The predicted molar refractivity (Wildman–Crippen MR) is 76.2 cm³/mol. The third kappa shape index (κ3) is 3.19. The van der Waals surface area contributed by atoms with E-state index in [-0.39, 0.29) is 22.5 Å². The standard InChI is InChI=1S/C13H12ClN3O4/c1-7-12(14)15-8(2)16-13(7)21-11-5-4-9(20-3)6-10(11)17(18)19/h4-6H,1-3H3. The Hall–Kier alpha value is -2.41. The van der Waals surface area contributed by atoms with Crippen molar-refractivity contribution in [2.75, 3.05) is 7.11 Å². The summed E-state index contributed by atoms with van der Waals surface area (Å²) in [6.45, 7) is 3.33. The third-order valence-electron chi connectivity index (χ3n) is 2.72. The zero-order chi connectivity index (χ0) is 15.6. The van der Waals surface area contributed by atoms with Crippen LogP contribution in [-0.4, -0.2) is 22.0 Å². The quantitative estimate of drug-likeness (QED) is 0.488. The Kier molecular flexibility index (Phi) is 4.23.